The molecule has 2 aromatic rings. The lowest BCUT2D eigenvalue weighted by Gasteiger charge is -2.18. The summed E-state index contributed by atoms with van der Waals surface area (Å²) >= 11 is 5.28. The zero-order chi connectivity index (χ0) is 18.2. The molecular weight excluding hydrogens is 330 g/mol. The molecule has 0 radical (unpaired) electrons. The quantitative estimate of drug-likeness (QED) is 0.542. The van der Waals surface area contributed by atoms with Gasteiger partial charge in [-0.25, -0.2) is 0 Å². The van der Waals surface area contributed by atoms with Gasteiger partial charge in [0, 0.05) is 17.8 Å². The van der Waals surface area contributed by atoms with Gasteiger partial charge < -0.3 is 16.0 Å². The van der Waals surface area contributed by atoms with Crippen molar-refractivity contribution in [2.45, 2.75) is 19.9 Å². The van der Waals surface area contributed by atoms with Crippen LogP contribution in [0.3, 0.4) is 0 Å². The third-order valence-corrected chi connectivity index (χ3v) is 3.84. The Balaban J connectivity index is 1.99. The monoisotopic (exact) mass is 353 g/mol. The van der Waals surface area contributed by atoms with Gasteiger partial charge in [0.2, 0.25) is 0 Å². The second-order valence-electron chi connectivity index (χ2n) is 5.95. The number of hydrogen-bond donors (Lipinski definition) is 3. The molecule has 0 bridgehead atoms. The standard InChI is InChI=1S/C20H23N3OS/c1-14(2)13-21-20(25)22-15(3)17-10-7-11-18(12-17)23-19(24)16-8-5-4-6-9-16/h4-12,15H,1,13H2,2-3H3,(H,23,24)(H2,21,22,25)/t15-/m0/s1. The van der Waals surface area contributed by atoms with Gasteiger partial charge in [-0.15, -0.1) is 0 Å². The van der Waals surface area contributed by atoms with Crippen LogP contribution in [0.1, 0.15) is 35.8 Å². The van der Waals surface area contributed by atoms with Crippen LogP contribution in [0.5, 0.6) is 0 Å². The van der Waals surface area contributed by atoms with Crippen molar-refractivity contribution in [3.05, 3.63) is 77.9 Å². The summed E-state index contributed by atoms with van der Waals surface area (Å²) in [5.41, 5.74) is 3.43. The fraction of sp³-hybridized carbons (Fsp3) is 0.200. The molecule has 0 saturated carbocycles. The number of carbonyl (C=O) groups is 1. The maximum atomic E-state index is 12.3. The van der Waals surface area contributed by atoms with Gasteiger partial charge in [0.25, 0.3) is 5.91 Å². The molecule has 0 heterocycles. The summed E-state index contributed by atoms with van der Waals surface area (Å²) in [5.74, 6) is -0.128. The number of benzene rings is 2. The molecule has 5 heteroatoms. The largest absolute Gasteiger partial charge is 0.359 e. The molecule has 3 N–H and O–H groups in total. The highest BCUT2D eigenvalue weighted by molar-refractivity contribution is 7.80. The molecule has 0 spiro atoms. The molecule has 0 fully saturated rings. The first-order valence-corrected chi connectivity index (χ1v) is 8.51. The lowest BCUT2D eigenvalue weighted by atomic mass is 10.1. The highest BCUT2D eigenvalue weighted by Crippen LogP contribution is 2.18. The number of amides is 1. The van der Waals surface area contributed by atoms with E-state index in [0.29, 0.717) is 17.2 Å². The molecule has 4 nitrogen and oxygen atoms in total. The van der Waals surface area contributed by atoms with E-state index in [0.717, 1.165) is 16.8 Å². The van der Waals surface area contributed by atoms with Crippen LogP contribution < -0.4 is 16.0 Å². The van der Waals surface area contributed by atoms with Crippen LogP contribution in [0, 0.1) is 0 Å². The minimum absolute atomic E-state index is 0.0127. The number of nitrogens with one attached hydrogen (secondary N) is 3. The van der Waals surface area contributed by atoms with Crippen LogP contribution in [-0.4, -0.2) is 17.6 Å². The Kier molecular flexibility index (Phi) is 6.71. The SMILES string of the molecule is C=C(C)CNC(=S)N[C@@H](C)c1cccc(NC(=O)c2ccccc2)c1. The van der Waals surface area contributed by atoms with Crippen LogP contribution in [-0.2, 0) is 0 Å². The molecule has 25 heavy (non-hydrogen) atoms. The van der Waals surface area contributed by atoms with Crippen molar-refractivity contribution in [1.82, 2.24) is 10.6 Å². The summed E-state index contributed by atoms with van der Waals surface area (Å²) in [4.78, 5) is 12.3. The lowest BCUT2D eigenvalue weighted by molar-refractivity contribution is 0.102. The first-order valence-electron chi connectivity index (χ1n) is 8.11. The Bertz CT molecular complexity index is 759. The maximum Gasteiger partial charge on any atom is 0.255 e. The molecule has 0 aromatic heterocycles. The fourth-order valence-corrected chi connectivity index (χ4v) is 2.49. The zero-order valence-electron chi connectivity index (χ0n) is 14.5. The normalized spacial score (nSPS) is 11.3. The summed E-state index contributed by atoms with van der Waals surface area (Å²) in [7, 11) is 0. The molecule has 1 atom stereocenters. The van der Waals surface area contributed by atoms with Gasteiger partial charge in [-0.05, 0) is 55.9 Å². The summed E-state index contributed by atoms with van der Waals surface area (Å²) in [5, 5.41) is 9.83. The van der Waals surface area contributed by atoms with Gasteiger partial charge in [0.15, 0.2) is 5.11 Å². The van der Waals surface area contributed by atoms with Crippen LogP contribution >= 0.6 is 12.2 Å². The Hall–Kier alpha value is -2.66. The average molecular weight is 353 g/mol. The smallest absolute Gasteiger partial charge is 0.255 e. The highest BCUT2D eigenvalue weighted by Gasteiger charge is 2.09. The van der Waals surface area contributed by atoms with Gasteiger partial charge in [-0.3, -0.25) is 4.79 Å². The molecule has 2 rings (SSSR count). The summed E-state index contributed by atoms with van der Waals surface area (Å²) in [6.45, 7) is 8.45. The molecular formula is C20H23N3OS. The first kappa shape index (κ1) is 18.7. The number of anilines is 1. The van der Waals surface area contributed by atoms with Crippen molar-refractivity contribution in [3.8, 4) is 0 Å². The Labute approximate surface area is 154 Å². The van der Waals surface area contributed by atoms with E-state index >= 15 is 0 Å². The first-order chi connectivity index (χ1) is 12.0. The van der Waals surface area contributed by atoms with E-state index < -0.39 is 0 Å². The Morgan fingerprint density at radius 2 is 1.88 bits per heavy atom. The molecule has 0 aliphatic rings. The minimum atomic E-state index is -0.128. The van der Waals surface area contributed by atoms with Gasteiger partial charge in [-0.2, -0.15) is 0 Å². The highest BCUT2D eigenvalue weighted by atomic mass is 32.1. The number of rotatable bonds is 6. The second kappa shape index (κ2) is 8.99. The third kappa shape index (κ3) is 6.04. The number of thiocarbonyl (C=S) groups is 1. The van der Waals surface area contributed by atoms with Crippen LogP contribution in [0.25, 0.3) is 0 Å². The van der Waals surface area contributed by atoms with Crippen molar-refractivity contribution < 1.29 is 4.79 Å². The predicted octanol–water partition coefficient (Wildman–Crippen LogP) is 4.04. The second-order valence-corrected chi connectivity index (χ2v) is 6.36. The van der Waals surface area contributed by atoms with Crippen molar-refractivity contribution in [3.63, 3.8) is 0 Å². The molecule has 0 unspecified atom stereocenters. The van der Waals surface area contributed by atoms with Gasteiger partial charge in [0.1, 0.15) is 0 Å². The van der Waals surface area contributed by atoms with E-state index in [-0.39, 0.29) is 11.9 Å². The van der Waals surface area contributed by atoms with Crippen molar-refractivity contribution >= 4 is 28.9 Å². The van der Waals surface area contributed by atoms with E-state index in [1.54, 1.807) is 12.1 Å². The van der Waals surface area contributed by atoms with E-state index in [4.69, 9.17) is 12.2 Å². The molecule has 2 aromatic carbocycles. The number of hydrogen-bond acceptors (Lipinski definition) is 2. The molecule has 1 amide bonds. The topological polar surface area (TPSA) is 53.2 Å². The van der Waals surface area contributed by atoms with E-state index in [1.165, 1.54) is 0 Å². The van der Waals surface area contributed by atoms with E-state index in [2.05, 4.69) is 22.5 Å². The molecule has 0 aliphatic heterocycles. The Morgan fingerprint density at radius 1 is 1.16 bits per heavy atom. The number of carbonyl (C=O) groups excluding carboxylic acids is 1. The minimum Gasteiger partial charge on any atom is -0.359 e. The summed E-state index contributed by atoms with van der Waals surface area (Å²) < 4.78 is 0. The molecule has 0 aliphatic carbocycles. The van der Waals surface area contributed by atoms with Crippen LogP contribution in [0.15, 0.2) is 66.7 Å². The summed E-state index contributed by atoms with van der Waals surface area (Å²) in [6, 6.07) is 16.9. The van der Waals surface area contributed by atoms with Gasteiger partial charge >= 0.3 is 0 Å². The zero-order valence-corrected chi connectivity index (χ0v) is 15.3. The van der Waals surface area contributed by atoms with E-state index in [9.17, 15) is 4.79 Å². The third-order valence-electron chi connectivity index (χ3n) is 3.58. The average Bonchev–Trinajstić information content (AvgIpc) is 2.61. The van der Waals surface area contributed by atoms with E-state index in [1.807, 2.05) is 56.3 Å². The van der Waals surface area contributed by atoms with Gasteiger partial charge in [0.05, 0.1) is 6.04 Å². The molecule has 0 saturated heterocycles. The van der Waals surface area contributed by atoms with Crippen molar-refractivity contribution in [2.24, 2.45) is 0 Å². The van der Waals surface area contributed by atoms with Crippen LogP contribution in [0.2, 0.25) is 0 Å². The van der Waals surface area contributed by atoms with Crippen molar-refractivity contribution in [1.29, 1.82) is 0 Å². The molecule has 130 valence electrons. The summed E-state index contributed by atoms with van der Waals surface area (Å²) in [6.07, 6.45) is 0. The lowest BCUT2D eigenvalue weighted by Crippen LogP contribution is -2.37. The van der Waals surface area contributed by atoms with Gasteiger partial charge in [-0.1, -0.05) is 42.5 Å². The predicted molar refractivity (Wildman–Crippen MR) is 108 cm³/mol. The van der Waals surface area contributed by atoms with Crippen molar-refractivity contribution in [2.75, 3.05) is 11.9 Å². The van der Waals surface area contributed by atoms with Crippen LogP contribution in [0.4, 0.5) is 5.69 Å². The maximum absolute atomic E-state index is 12.3. The fourth-order valence-electron chi connectivity index (χ4n) is 2.24. The Morgan fingerprint density at radius 3 is 2.56 bits per heavy atom.